The normalized spacial score (nSPS) is 10.9. The molecule has 1 aromatic rings. The Labute approximate surface area is 144 Å². The molecule has 0 N–H and O–H groups in total. The lowest BCUT2D eigenvalue weighted by Crippen LogP contribution is -2.11. The number of nitrogens with zero attached hydrogens (tertiary/aromatic N) is 1. The molecule has 0 aliphatic heterocycles. The minimum atomic E-state index is 0.151. The van der Waals surface area contributed by atoms with Gasteiger partial charge in [-0.25, -0.2) is 0 Å². The van der Waals surface area contributed by atoms with Crippen LogP contribution in [0.15, 0.2) is 18.3 Å². The largest absolute Gasteiger partial charge is 0.382 e. The van der Waals surface area contributed by atoms with Gasteiger partial charge in [-0.05, 0) is 25.0 Å². The second-order valence-corrected chi connectivity index (χ2v) is 5.25. The molecule has 0 atom stereocenters. The molecule has 0 unspecified atom stereocenters. The summed E-state index contributed by atoms with van der Waals surface area (Å²) in [5, 5.41) is 0. The molecule has 0 amide bonds. The number of carbonyl (C=O) groups is 1. The summed E-state index contributed by atoms with van der Waals surface area (Å²) in [6.07, 6.45) is 3.89. The lowest BCUT2D eigenvalue weighted by atomic mass is 10.1. The standard InChI is InChI=1S/C18H29NO5/c1-3-18(20)16-6-7-19-17(15-16)5-4-8-22-11-12-24-14-13-23-10-9-21-2/h6-7,15H,3-5,8-14H2,1-2H3. The zero-order valence-corrected chi connectivity index (χ0v) is 14.8. The molecule has 0 aliphatic carbocycles. The molecule has 24 heavy (non-hydrogen) atoms. The van der Waals surface area contributed by atoms with Crippen LogP contribution in [0.4, 0.5) is 0 Å². The topological polar surface area (TPSA) is 66.9 Å². The molecule has 0 bridgehead atoms. The van der Waals surface area contributed by atoms with Crippen molar-refractivity contribution < 1.29 is 23.7 Å². The number of rotatable bonds is 15. The predicted octanol–water partition coefficient (Wildman–Crippen LogP) is 2.30. The molecular formula is C18H29NO5. The number of aryl methyl sites for hydroxylation is 1. The van der Waals surface area contributed by atoms with Crippen LogP contribution >= 0.6 is 0 Å². The third kappa shape index (κ3) is 9.72. The van der Waals surface area contributed by atoms with Crippen molar-refractivity contribution in [2.24, 2.45) is 0 Å². The highest BCUT2D eigenvalue weighted by molar-refractivity contribution is 5.95. The number of aromatic nitrogens is 1. The van der Waals surface area contributed by atoms with Crippen LogP contribution in [-0.2, 0) is 25.4 Å². The first-order valence-electron chi connectivity index (χ1n) is 8.48. The summed E-state index contributed by atoms with van der Waals surface area (Å²) in [5.41, 5.74) is 1.67. The second kappa shape index (κ2) is 14.0. The molecule has 0 fully saturated rings. The van der Waals surface area contributed by atoms with Crippen molar-refractivity contribution >= 4 is 5.78 Å². The Morgan fingerprint density at radius 1 is 1.00 bits per heavy atom. The zero-order chi connectivity index (χ0) is 17.5. The average molecular weight is 339 g/mol. The minimum absolute atomic E-state index is 0.151. The van der Waals surface area contributed by atoms with Gasteiger partial charge in [-0.3, -0.25) is 9.78 Å². The fourth-order valence-corrected chi connectivity index (χ4v) is 2.03. The number of ketones is 1. The van der Waals surface area contributed by atoms with Crippen LogP contribution < -0.4 is 0 Å². The Morgan fingerprint density at radius 2 is 1.62 bits per heavy atom. The van der Waals surface area contributed by atoms with E-state index in [2.05, 4.69) is 4.98 Å². The molecule has 6 heteroatoms. The van der Waals surface area contributed by atoms with Gasteiger partial charge in [0, 0.05) is 37.6 Å². The monoisotopic (exact) mass is 339 g/mol. The van der Waals surface area contributed by atoms with Crippen molar-refractivity contribution in [3.63, 3.8) is 0 Å². The van der Waals surface area contributed by atoms with Crippen molar-refractivity contribution in [2.45, 2.75) is 26.2 Å². The van der Waals surface area contributed by atoms with Crippen molar-refractivity contribution in [3.05, 3.63) is 29.6 Å². The van der Waals surface area contributed by atoms with E-state index in [-0.39, 0.29) is 5.78 Å². The molecule has 136 valence electrons. The Balaban J connectivity index is 1.98. The van der Waals surface area contributed by atoms with Gasteiger partial charge < -0.3 is 18.9 Å². The summed E-state index contributed by atoms with van der Waals surface area (Å²) in [6.45, 7) is 5.98. The maximum absolute atomic E-state index is 11.7. The fourth-order valence-electron chi connectivity index (χ4n) is 2.03. The van der Waals surface area contributed by atoms with E-state index in [1.165, 1.54) is 0 Å². The predicted molar refractivity (Wildman–Crippen MR) is 91.5 cm³/mol. The average Bonchev–Trinajstić information content (AvgIpc) is 2.62. The van der Waals surface area contributed by atoms with E-state index in [0.29, 0.717) is 52.7 Å². The number of methoxy groups -OCH3 is 1. The highest BCUT2D eigenvalue weighted by Gasteiger charge is 2.04. The summed E-state index contributed by atoms with van der Waals surface area (Å²) in [7, 11) is 1.65. The molecule has 0 radical (unpaired) electrons. The summed E-state index contributed by atoms with van der Waals surface area (Å²) < 4.78 is 21.1. The van der Waals surface area contributed by atoms with Crippen LogP contribution in [0.5, 0.6) is 0 Å². The molecule has 0 saturated carbocycles. The van der Waals surface area contributed by atoms with Gasteiger partial charge in [0.1, 0.15) is 0 Å². The quantitative estimate of drug-likeness (QED) is 0.361. The van der Waals surface area contributed by atoms with Gasteiger partial charge in [0.25, 0.3) is 0 Å². The fraction of sp³-hybridized carbons (Fsp3) is 0.667. The van der Waals surface area contributed by atoms with Crippen LogP contribution in [0.1, 0.15) is 35.8 Å². The molecular weight excluding hydrogens is 310 g/mol. The Hall–Kier alpha value is -1.34. The molecule has 0 spiro atoms. The van der Waals surface area contributed by atoms with E-state index >= 15 is 0 Å². The molecule has 1 aromatic heterocycles. The van der Waals surface area contributed by atoms with Crippen LogP contribution in [0, 0.1) is 0 Å². The molecule has 6 nitrogen and oxygen atoms in total. The molecule has 0 aliphatic rings. The van der Waals surface area contributed by atoms with Crippen molar-refractivity contribution in [1.29, 1.82) is 0 Å². The van der Waals surface area contributed by atoms with Gasteiger partial charge in [0.05, 0.1) is 39.6 Å². The second-order valence-electron chi connectivity index (χ2n) is 5.25. The van der Waals surface area contributed by atoms with Crippen LogP contribution in [-0.4, -0.2) is 64.1 Å². The number of carbonyl (C=O) groups excluding carboxylic acids is 1. The Morgan fingerprint density at radius 3 is 2.25 bits per heavy atom. The van der Waals surface area contributed by atoms with E-state index in [4.69, 9.17) is 18.9 Å². The lowest BCUT2D eigenvalue weighted by molar-refractivity contribution is 0.00343. The van der Waals surface area contributed by atoms with Crippen molar-refractivity contribution in [1.82, 2.24) is 4.98 Å². The number of hydrogen-bond acceptors (Lipinski definition) is 6. The van der Waals surface area contributed by atoms with Crippen molar-refractivity contribution in [3.8, 4) is 0 Å². The highest BCUT2D eigenvalue weighted by atomic mass is 16.6. The zero-order valence-electron chi connectivity index (χ0n) is 14.8. The van der Waals surface area contributed by atoms with Crippen molar-refractivity contribution in [2.75, 3.05) is 53.4 Å². The summed E-state index contributed by atoms with van der Waals surface area (Å²) in [5.74, 6) is 0.151. The third-order valence-electron chi connectivity index (χ3n) is 3.36. The maximum atomic E-state index is 11.7. The van der Waals surface area contributed by atoms with Gasteiger partial charge in [-0.1, -0.05) is 6.92 Å². The Bertz CT molecular complexity index is 453. The first-order valence-corrected chi connectivity index (χ1v) is 8.48. The van der Waals surface area contributed by atoms with Crippen LogP contribution in [0.25, 0.3) is 0 Å². The number of pyridine rings is 1. The number of hydrogen-bond donors (Lipinski definition) is 0. The molecule has 1 rings (SSSR count). The number of ether oxygens (including phenoxy) is 4. The molecule has 1 heterocycles. The van der Waals surface area contributed by atoms with Gasteiger partial charge in [-0.15, -0.1) is 0 Å². The van der Waals surface area contributed by atoms with E-state index in [9.17, 15) is 4.79 Å². The maximum Gasteiger partial charge on any atom is 0.162 e. The minimum Gasteiger partial charge on any atom is -0.382 e. The number of Topliss-reactive ketones (excluding diaryl/α,β-unsaturated/α-hetero) is 1. The third-order valence-corrected chi connectivity index (χ3v) is 3.36. The van der Waals surface area contributed by atoms with Gasteiger partial charge in [-0.2, -0.15) is 0 Å². The summed E-state index contributed by atoms with van der Waals surface area (Å²) >= 11 is 0. The van der Waals surface area contributed by atoms with Crippen LogP contribution in [0.2, 0.25) is 0 Å². The van der Waals surface area contributed by atoms with E-state index in [1.54, 1.807) is 19.4 Å². The van der Waals surface area contributed by atoms with Crippen LogP contribution in [0.3, 0.4) is 0 Å². The Kier molecular flexibility index (Phi) is 12.1. The molecule has 0 aromatic carbocycles. The van der Waals surface area contributed by atoms with Gasteiger partial charge in [0.2, 0.25) is 0 Å². The van der Waals surface area contributed by atoms with E-state index in [0.717, 1.165) is 24.1 Å². The summed E-state index contributed by atoms with van der Waals surface area (Å²) in [6, 6.07) is 3.64. The first-order chi connectivity index (χ1) is 11.8. The summed E-state index contributed by atoms with van der Waals surface area (Å²) in [4.78, 5) is 15.9. The SMILES string of the molecule is CCC(=O)c1ccnc(CCCOCCOCCOCCOC)c1. The van der Waals surface area contributed by atoms with E-state index < -0.39 is 0 Å². The first kappa shape index (κ1) is 20.7. The smallest absolute Gasteiger partial charge is 0.162 e. The highest BCUT2D eigenvalue weighted by Crippen LogP contribution is 2.07. The molecule has 0 saturated heterocycles. The van der Waals surface area contributed by atoms with E-state index in [1.807, 2.05) is 13.0 Å². The lowest BCUT2D eigenvalue weighted by Gasteiger charge is -2.07. The van der Waals surface area contributed by atoms with Gasteiger partial charge >= 0.3 is 0 Å². The van der Waals surface area contributed by atoms with Gasteiger partial charge in [0.15, 0.2) is 5.78 Å².